The van der Waals surface area contributed by atoms with E-state index in [0.717, 1.165) is 17.5 Å². The Kier molecular flexibility index (Phi) is 8.58. The van der Waals surface area contributed by atoms with E-state index in [1.54, 1.807) is 48.5 Å². The molecule has 7 nitrogen and oxygen atoms in total. The summed E-state index contributed by atoms with van der Waals surface area (Å²) in [4.78, 5) is 12.9. The minimum atomic E-state index is -4.36. The fraction of sp³-hybridized carbons (Fsp3) is 0.517. The molecule has 2 bridgehead atoms. The summed E-state index contributed by atoms with van der Waals surface area (Å²) >= 11 is 0. The summed E-state index contributed by atoms with van der Waals surface area (Å²) in [6, 6.07) is 13.6. The van der Waals surface area contributed by atoms with E-state index in [0.29, 0.717) is 37.1 Å². The number of carbonyl (C=O) groups is 1. The summed E-state index contributed by atoms with van der Waals surface area (Å²) in [5.74, 6) is -2.61. The third-order valence-electron chi connectivity index (χ3n) is 9.08. The molecule has 4 unspecified atom stereocenters. The first-order chi connectivity index (χ1) is 18.5. The molecule has 0 saturated heterocycles. The van der Waals surface area contributed by atoms with Gasteiger partial charge in [0.25, 0.3) is 0 Å². The number of oxime groups is 1. The van der Waals surface area contributed by atoms with Crippen LogP contribution in [0, 0.1) is 16.7 Å². The van der Waals surface area contributed by atoms with Gasteiger partial charge in [-0.3, -0.25) is 17.9 Å². The minimum absolute atomic E-state index is 0.0802. The van der Waals surface area contributed by atoms with Gasteiger partial charge in [-0.2, -0.15) is 8.42 Å². The van der Waals surface area contributed by atoms with Crippen LogP contribution in [-0.2, 0) is 32.3 Å². The van der Waals surface area contributed by atoms with Crippen molar-refractivity contribution in [2.75, 3.05) is 19.1 Å². The van der Waals surface area contributed by atoms with E-state index in [2.05, 4.69) is 5.16 Å². The van der Waals surface area contributed by atoms with Crippen molar-refractivity contribution in [1.82, 2.24) is 0 Å². The van der Waals surface area contributed by atoms with Crippen LogP contribution in [0.2, 0.25) is 0 Å². The second-order valence-corrected chi connectivity index (χ2v) is 12.8. The molecule has 0 amide bonds. The average Bonchev–Trinajstić information content (AvgIpc) is 3.27. The molecule has 0 radical (unpaired) electrons. The van der Waals surface area contributed by atoms with E-state index in [1.165, 1.54) is 0 Å². The molecular formula is C29H37F2N3O4S. The smallest absolute Gasteiger partial charge is 0.326 e. The highest BCUT2D eigenvalue weighted by Crippen LogP contribution is 2.64. The fourth-order valence-corrected chi connectivity index (χ4v) is 7.89. The second kappa shape index (κ2) is 11.4. The van der Waals surface area contributed by atoms with Crippen molar-refractivity contribution in [3.8, 4) is 0 Å². The summed E-state index contributed by atoms with van der Waals surface area (Å²) in [5, 5.41) is 3.96. The van der Waals surface area contributed by atoms with Crippen LogP contribution >= 0.6 is 0 Å². The van der Waals surface area contributed by atoms with E-state index < -0.39 is 51.9 Å². The largest absolute Gasteiger partial charge is 0.329 e. The highest BCUT2D eigenvalue weighted by molar-refractivity contribution is 7.86. The number of nitrogens with zero attached hydrogens (tertiary/aromatic N) is 1. The van der Waals surface area contributed by atoms with Crippen molar-refractivity contribution in [2.24, 2.45) is 33.4 Å². The number of carbonyl (C=O) groups excluding carboxylic acids is 1. The predicted molar refractivity (Wildman–Crippen MR) is 147 cm³/mol. The molecule has 39 heavy (non-hydrogen) atoms. The molecule has 0 aliphatic heterocycles. The van der Waals surface area contributed by atoms with Gasteiger partial charge >= 0.3 is 10.1 Å². The maximum absolute atomic E-state index is 14.6. The Hall–Kier alpha value is -2.69. The van der Waals surface area contributed by atoms with Gasteiger partial charge in [0.1, 0.15) is 24.9 Å². The fourth-order valence-electron chi connectivity index (χ4n) is 6.36. The zero-order valence-electron chi connectivity index (χ0n) is 22.4. The quantitative estimate of drug-likeness (QED) is 0.290. The number of halogens is 2. The number of hydrogen-bond acceptors (Lipinski definition) is 7. The number of rotatable bonds is 12. The normalized spacial score (nSPS) is 23.4. The Bertz CT molecular complexity index is 1260. The number of fused-ring (bicyclic) bond motifs is 2. The molecule has 4 rings (SSSR count). The van der Waals surface area contributed by atoms with E-state index >= 15 is 0 Å². The second-order valence-electron chi connectivity index (χ2n) is 11.3. The molecule has 2 aliphatic carbocycles. The monoisotopic (exact) mass is 561 g/mol. The molecule has 10 heteroatoms. The molecule has 4 atom stereocenters. The number of Topliss-reactive ketones (excluding diaryl/α,β-unsaturated/α-hetero) is 1. The van der Waals surface area contributed by atoms with Gasteiger partial charge in [0.2, 0.25) is 0 Å². The molecule has 0 heterocycles. The van der Waals surface area contributed by atoms with Crippen LogP contribution in [0.25, 0.3) is 0 Å². The van der Waals surface area contributed by atoms with Gasteiger partial charge < -0.3 is 11.5 Å². The van der Waals surface area contributed by atoms with Gasteiger partial charge in [0.05, 0.1) is 23.0 Å². The molecule has 2 saturated carbocycles. The van der Waals surface area contributed by atoms with Gasteiger partial charge in [-0.15, -0.1) is 0 Å². The van der Waals surface area contributed by atoms with E-state index in [1.807, 2.05) is 13.8 Å². The molecule has 2 aliphatic rings. The lowest BCUT2D eigenvalue weighted by Gasteiger charge is -2.35. The van der Waals surface area contributed by atoms with E-state index in [4.69, 9.17) is 15.8 Å². The first kappa shape index (κ1) is 29.3. The standard InChI is InChI=1S/C29H37F2N3O4S/c1-28(2)23-11-12-29(28,26(35)13-23)18-39(36,37)38-34-27(24(14-30)21-7-3-19(16-32)4-8-21)25(15-31)22-9-5-20(17-33)6-10-22/h3-10,23-25H,11-18,32-33H2,1-2H3. The Balaban J connectivity index is 1.72. The molecule has 2 fully saturated rings. The van der Waals surface area contributed by atoms with Crippen LogP contribution in [0.1, 0.15) is 67.2 Å². The van der Waals surface area contributed by atoms with Gasteiger partial charge in [-0.25, -0.2) is 0 Å². The number of hydrogen-bond donors (Lipinski definition) is 2. The molecule has 0 spiro atoms. The van der Waals surface area contributed by atoms with E-state index in [-0.39, 0.29) is 17.4 Å². The van der Waals surface area contributed by atoms with Crippen molar-refractivity contribution in [3.63, 3.8) is 0 Å². The first-order valence-electron chi connectivity index (χ1n) is 13.2. The highest BCUT2D eigenvalue weighted by atomic mass is 32.2. The summed E-state index contributed by atoms with van der Waals surface area (Å²) in [6.45, 7) is 2.52. The molecular weight excluding hydrogens is 524 g/mol. The summed E-state index contributed by atoms with van der Waals surface area (Å²) < 4.78 is 61.0. The SMILES string of the molecule is CC1(C)C2CCC1(CS(=O)(=O)ON=C(C(CF)c1ccc(CN)cc1)C(CF)c1ccc(CN)cc1)C(=O)C2. The zero-order chi connectivity index (χ0) is 28.4. The lowest BCUT2D eigenvalue weighted by Crippen LogP contribution is -2.42. The molecule has 4 N–H and O–H groups in total. The number of benzene rings is 2. The van der Waals surface area contributed by atoms with Crippen LogP contribution in [0.5, 0.6) is 0 Å². The van der Waals surface area contributed by atoms with Crippen LogP contribution < -0.4 is 11.5 Å². The molecule has 0 aromatic heterocycles. The van der Waals surface area contributed by atoms with Gasteiger partial charge in [-0.1, -0.05) is 67.5 Å². The molecule has 212 valence electrons. The maximum atomic E-state index is 14.6. The Morgan fingerprint density at radius 2 is 1.46 bits per heavy atom. The lowest BCUT2D eigenvalue weighted by molar-refractivity contribution is -0.128. The Labute approximate surface area is 229 Å². The summed E-state index contributed by atoms with van der Waals surface area (Å²) in [6.07, 6.45) is 1.58. The van der Waals surface area contributed by atoms with Crippen molar-refractivity contribution in [1.29, 1.82) is 0 Å². The lowest BCUT2D eigenvalue weighted by atomic mass is 9.70. The predicted octanol–water partition coefficient (Wildman–Crippen LogP) is 4.51. The number of ketones is 1. The summed E-state index contributed by atoms with van der Waals surface area (Å²) in [7, 11) is -4.36. The van der Waals surface area contributed by atoms with Crippen LogP contribution in [0.3, 0.4) is 0 Å². The van der Waals surface area contributed by atoms with Crippen molar-refractivity contribution in [3.05, 3.63) is 70.8 Å². The van der Waals surface area contributed by atoms with Gasteiger partial charge in [0.15, 0.2) is 0 Å². The van der Waals surface area contributed by atoms with Crippen molar-refractivity contribution >= 4 is 21.6 Å². The zero-order valence-corrected chi connectivity index (χ0v) is 23.2. The number of alkyl halides is 2. The summed E-state index contributed by atoms with van der Waals surface area (Å²) in [5.41, 5.74) is 12.3. The van der Waals surface area contributed by atoms with E-state index in [9.17, 15) is 22.0 Å². The first-order valence-corrected chi connectivity index (χ1v) is 14.8. The Morgan fingerprint density at radius 3 is 1.82 bits per heavy atom. The van der Waals surface area contributed by atoms with Crippen LogP contribution in [-0.4, -0.2) is 39.0 Å². The number of nitrogens with two attached hydrogens (primary N) is 2. The highest BCUT2D eigenvalue weighted by Gasteiger charge is 2.65. The molecule has 2 aromatic carbocycles. The van der Waals surface area contributed by atoms with Crippen molar-refractivity contribution in [2.45, 2.75) is 58.0 Å². The third-order valence-corrected chi connectivity index (χ3v) is 10.2. The van der Waals surface area contributed by atoms with Gasteiger partial charge in [-0.05, 0) is 46.4 Å². The molecule has 2 aromatic rings. The topological polar surface area (TPSA) is 125 Å². The van der Waals surface area contributed by atoms with Crippen LogP contribution in [0.15, 0.2) is 53.7 Å². The average molecular weight is 562 g/mol. The van der Waals surface area contributed by atoms with Gasteiger partial charge in [0, 0.05) is 19.5 Å². The minimum Gasteiger partial charge on any atom is -0.326 e. The Morgan fingerprint density at radius 1 is 0.974 bits per heavy atom. The third kappa shape index (κ3) is 5.51. The van der Waals surface area contributed by atoms with Crippen LogP contribution in [0.4, 0.5) is 8.78 Å². The van der Waals surface area contributed by atoms with Crippen molar-refractivity contribution < 1.29 is 26.3 Å². The maximum Gasteiger partial charge on any atom is 0.329 e.